The van der Waals surface area contributed by atoms with Gasteiger partial charge in [0.25, 0.3) is 5.91 Å². The van der Waals surface area contributed by atoms with Gasteiger partial charge in [0, 0.05) is 24.6 Å². The summed E-state index contributed by atoms with van der Waals surface area (Å²) in [5.74, 6) is -1.58. The van der Waals surface area contributed by atoms with E-state index in [0.717, 1.165) is 25.0 Å². The number of benzene rings is 2. The standard InChI is InChI=1S/C22H20F2N2O4/c1-28-19-6-2-4-13-10-16(21(27)25-12-15-5-3-9-29-15)22(30-20(13)19)26-18-8-7-14(23)11-17(18)24/h2,4,6-8,10-11,15H,3,5,9,12H2,1H3,(H,25,27)/t15-/m1/s1. The summed E-state index contributed by atoms with van der Waals surface area (Å²) in [5.41, 5.74) is 0.222. The van der Waals surface area contributed by atoms with Crippen molar-refractivity contribution < 1.29 is 27.5 Å². The monoisotopic (exact) mass is 414 g/mol. The van der Waals surface area contributed by atoms with E-state index in [1.54, 1.807) is 24.3 Å². The lowest BCUT2D eigenvalue weighted by Crippen LogP contribution is -2.34. The maximum atomic E-state index is 14.2. The zero-order chi connectivity index (χ0) is 21.1. The van der Waals surface area contributed by atoms with E-state index in [9.17, 15) is 13.6 Å². The molecule has 6 nitrogen and oxygen atoms in total. The van der Waals surface area contributed by atoms with Crippen LogP contribution >= 0.6 is 0 Å². The molecule has 0 radical (unpaired) electrons. The van der Waals surface area contributed by atoms with Crippen LogP contribution in [0.5, 0.6) is 5.75 Å². The normalized spacial score (nSPS) is 16.8. The van der Waals surface area contributed by atoms with Gasteiger partial charge >= 0.3 is 0 Å². The molecule has 156 valence electrons. The number of amides is 1. The second-order valence-corrected chi connectivity index (χ2v) is 6.90. The second kappa shape index (κ2) is 8.62. The van der Waals surface area contributed by atoms with Gasteiger partial charge in [0.2, 0.25) is 5.55 Å². The Morgan fingerprint density at radius 3 is 2.87 bits per heavy atom. The van der Waals surface area contributed by atoms with Crippen LogP contribution in [0.25, 0.3) is 11.0 Å². The Kier molecular flexibility index (Phi) is 5.76. The van der Waals surface area contributed by atoms with Crippen LogP contribution in [0, 0.1) is 11.6 Å². The van der Waals surface area contributed by atoms with E-state index in [0.29, 0.717) is 29.9 Å². The number of rotatable bonds is 5. The van der Waals surface area contributed by atoms with Gasteiger partial charge in [-0.3, -0.25) is 4.79 Å². The third-order valence-electron chi connectivity index (χ3n) is 4.85. The molecule has 3 aromatic rings. The summed E-state index contributed by atoms with van der Waals surface area (Å²) < 4.78 is 44.1. The van der Waals surface area contributed by atoms with Gasteiger partial charge in [-0.15, -0.1) is 0 Å². The van der Waals surface area contributed by atoms with Crippen molar-refractivity contribution in [3.8, 4) is 5.75 Å². The van der Waals surface area contributed by atoms with Crippen LogP contribution in [0.1, 0.15) is 23.2 Å². The van der Waals surface area contributed by atoms with Crippen molar-refractivity contribution in [1.29, 1.82) is 0 Å². The minimum absolute atomic E-state index is 0.0404. The van der Waals surface area contributed by atoms with Crippen molar-refractivity contribution in [2.45, 2.75) is 18.9 Å². The van der Waals surface area contributed by atoms with Crippen LogP contribution in [0.2, 0.25) is 0 Å². The number of methoxy groups -OCH3 is 1. The largest absolute Gasteiger partial charge is 0.493 e. The quantitative estimate of drug-likeness (QED) is 0.688. The molecule has 8 heteroatoms. The highest BCUT2D eigenvalue weighted by Crippen LogP contribution is 2.25. The number of hydrogen-bond acceptors (Lipinski definition) is 5. The molecule has 1 aliphatic heterocycles. The molecular weight excluding hydrogens is 394 g/mol. The molecule has 1 N–H and O–H groups in total. The highest BCUT2D eigenvalue weighted by molar-refractivity contribution is 5.97. The zero-order valence-electron chi connectivity index (χ0n) is 16.3. The van der Waals surface area contributed by atoms with Gasteiger partial charge in [-0.25, -0.2) is 13.8 Å². The molecule has 1 aromatic heterocycles. The molecule has 1 amide bonds. The summed E-state index contributed by atoms with van der Waals surface area (Å²) in [4.78, 5) is 17.0. The maximum absolute atomic E-state index is 14.2. The number of fused-ring (bicyclic) bond motifs is 1. The SMILES string of the molecule is COc1cccc2cc(C(=O)NC[C@H]3CCCO3)c(=Nc3ccc(F)cc3F)oc12. The van der Waals surface area contributed by atoms with E-state index in [-0.39, 0.29) is 22.9 Å². The number of hydrogen-bond donors (Lipinski definition) is 1. The molecule has 0 aliphatic carbocycles. The number of para-hydroxylation sites is 1. The average molecular weight is 414 g/mol. The Hall–Kier alpha value is -3.26. The lowest BCUT2D eigenvalue weighted by atomic mass is 10.1. The van der Waals surface area contributed by atoms with Crippen LogP contribution in [0.15, 0.2) is 51.9 Å². The summed E-state index contributed by atoms with van der Waals surface area (Å²) in [6, 6.07) is 9.82. The van der Waals surface area contributed by atoms with Crippen molar-refractivity contribution >= 4 is 22.6 Å². The molecule has 2 heterocycles. The Labute approximate surface area is 171 Å². The van der Waals surface area contributed by atoms with E-state index in [2.05, 4.69) is 10.3 Å². The van der Waals surface area contributed by atoms with Crippen LogP contribution in [-0.4, -0.2) is 32.3 Å². The van der Waals surface area contributed by atoms with Gasteiger partial charge in [0.1, 0.15) is 17.1 Å². The third kappa shape index (κ3) is 4.18. The Bertz CT molecular complexity index is 1150. The second-order valence-electron chi connectivity index (χ2n) is 6.90. The molecule has 0 bridgehead atoms. The van der Waals surface area contributed by atoms with Crippen LogP contribution in [0.3, 0.4) is 0 Å². The van der Waals surface area contributed by atoms with Crippen molar-refractivity contribution in [3.05, 3.63) is 65.2 Å². The first-order chi connectivity index (χ1) is 14.5. The molecule has 1 fully saturated rings. The minimum atomic E-state index is -0.865. The third-order valence-corrected chi connectivity index (χ3v) is 4.85. The van der Waals surface area contributed by atoms with Gasteiger partial charge in [0.15, 0.2) is 17.1 Å². The molecule has 0 unspecified atom stereocenters. The van der Waals surface area contributed by atoms with Crippen LogP contribution < -0.4 is 15.6 Å². The first kappa shape index (κ1) is 20.0. The highest BCUT2D eigenvalue weighted by atomic mass is 19.1. The number of nitrogens with zero attached hydrogens (tertiary/aromatic N) is 1. The predicted octanol–water partition coefficient (Wildman–Crippen LogP) is 3.86. The summed E-state index contributed by atoms with van der Waals surface area (Å²) in [6.07, 6.45) is 1.79. The molecule has 1 aliphatic rings. The smallest absolute Gasteiger partial charge is 0.256 e. The summed E-state index contributed by atoms with van der Waals surface area (Å²) in [6.45, 7) is 1.02. The van der Waals surface area contributed by atoms with Crippen molar-refractivity contribution in [2.24, 2.45) is 4.99 Å². The van der Waals surface area contributed by atoms with Gasteiger partial charge in [0.05, 0.1) is 13.2 Å². The summed E-state index contributed by atoms with van der Waals surface area (Å²) >= 11 is 0. The first-order valence-corrected chi connectivity index (χ1v) is 9.55. The molecular formula is C22H20F2N2O4. The molecule has 2 aromatic carbocycles. The molecule has 30 heavy (non-hydrogen) atoms. The Morgan fingerprint density at radius 1 is 1.27 bits per heavy atom. The van der Waals surface area contributed by atoms with Gasteiger partial charge in [-0.2, -0.15) is 0 Å². The lowest BCUT2D eigenvalue weighted by Gasteiger charge is -2.12. The van der Waals surface area contributed by atoms with Crippen LogP contribution in [0.4, 0.5) is 14.5 Å². The number of halogens is 2. The van der Waals surface area contributed by atoms with Crippen molar-refractivity contribution in [3.63, 3.8) is 0 Å². The van der Waals surface area contributed by atoms with Gasteiger partial charge in [-0.1, -0.05) is 12.1 Å². The fourth-order valence-corrected chi connectivity index (χ4v) is 3.32. The van der Waals surface area contributed by atoms with Gasteiger partial charge in [-0.05, 0) is 37.1 Å². The maximum Gasteiger partial charge on any atom is 0.256 e. The fourth-order valence-electron chi connectivity index (χ4n) is 3.32. The fraction of sp³-hybridized carbons (Fsp3) is 0.273. The Balaban J connectivity index is 1.81. The predicted molar refractivity (Wildman–Crippen MR) is 106 cm³/mol. The minimum Gasteiger partial charge on any atom is -0.493 e. The molecule has 1 atom stereocenters. The number of ether oxygens (including phenoxy) is 2. The summed E-state index contributed by atoms with van der Waals surface area (Å²) in [5, 5.41) is 3.44. The van der Waals surface area contributed by atoms with Crippen molar-refractivity contribution in [1.82, 2.24) is 5.32 Å². The van der Waals surface area contributed by atoms with Gasteiger partial charge < -0.3 is 19.2 Å². The van der Waals surface area contributed by atoms with E-state index in [1.807, 2.05) is 0 Å². The van der Waals surface area contributed by atoms with E-state index in [4.69, 9.17) is 13.9 Å². The number of nitrogens with one attached hydrogen (secondary N) is 1. The average Bonchev–Trinajstić information content (AvgIpc) is 3.26. The molecule has 1 saturated heterocycles. The summed E-state index contributed by atoms with van der Waals surface area (Å²) in [7, 11) is 1.49. The van der Waals surface area contributed by atoms with Crippen LogP contribution in [-0.2, 0) is 4.74 Å². The highest BCUT2D eigenvalue weighted by Gasteiger charge is 2.19. The van der Waals surface area contributed by atoms with Crippen molar-refractivity contribution in [2.75, 3.05) is 20.3 Å². The molecule has 0 saturated carbocycles. The molecule has 4 rings (SSSR count). The van der Waals surface area contributed by atoms with E-state index >= 15 is 0 Å². The van der Waals surface area contributed by atoms with E-state index in [1.165, 1.54) is 13.2 Å². The number of carbonyl (C=O) groups excluding carboxylic acids is 1. The first-order valence-electron chi connectivity index (χ1n) is 9.55. The zero-order valence-corrected chi connectivity index (χ0v) is 16.3. The number of carbonyl (C=O) groups is 1. The Morgan fingerprint density at radius 2 is 2.13 bits per heavy atom. The van der Waals surface area contributed by atoms with E-state index < -0.39 is 17.5 Å². The lowest BCUT2D eigenvalue weighted by molar-refractivity contribution is 0.0854. The molecule has 0 spiro atoms. The topological polar surface area (TPSA) is 73.1 Å².